The lowest BCUT2D eigenvalue weighted by molar-refractivity contribution is -0.141. The number of amides is 2. The minimum Gasteiger partial charge on any atom is -0.480 e. The van der Waals surface area contributed by atoms with Crippen molar-refractivity contribution in [1.82, 2.24) is 9.80 Å². The van der Waals surface area contributed by atoms with E-state index in [0.29, 0.717) is 12.0 Å². The van der Waals surface area contributed by atoms with E-state index >= 15 is 0 Å². The van der Waals surface area contributed by atoms with Gasteiger partial charge in [-0.1, -0.05) is 0 Å². The number of β-amino-alcohol motifs (C(OH)–C–C–N with tert-alkyl or cyclic N) is 1. The van der Waals surface area contributed by atoms with Gasteiger partial charge in [-0.05, 0) is 31.6 Å². The SMILES string of the molecule is O=C(O)C1CC(O)CN1C(=O)N(CC1CC1)C1CC1. The van der Waals surface area contributed by atoms with Crippen LogP contribution in [0.2, 0.25) is 0 Å². The normalized spacial score (nSPS) is 30.5. The molecule has 3 fully saturated rings. The van der Waals surface area contributed by atoms with Crippen molar-refractivity contribution in [3.63, 3.8) is 0 Å². The molecule has 6 heteroatoms. The Morgan fingerprint density at radius 3 is 2.42 bits per heavy atom. The molecule has 1 heterocycles. The minimum atomic E-state index is -1.02. The predicted octanol–water partition coefficient (Wildman–Crippen LogP) is 0.501. The molecular formula is C13H20N2O4. The monoisotopic (exact) mass is 268 g/mol. The van der Waals surface area contributed by atoms with Gasteiger partial charge in [0.05, 0.1) is 6.10 Å². The van der Waals surface area contributed by atoms with Crippen molar-refractivity contribution >= 4 is 12.0 Å². The van der Waals surface area contributed by atoms with Crippen LogP contribution in [0.15, 0.2) is 0 Å². The van der Waals surface area contributed by atoms with Crippen molar-refractivity contribution < 1.29 is 19.8 Å². The molecule has 0 aromatic heterocycles. The molecule has 0 radical (unpaired) electrons. The Morgan fingerprint density at radius 1 is 1.21 bits per heavy atom. The molecule has 2 amide bonds. The lowest BCUT2D eigenvalue weighted by Gasteiger charge is -2.30. The van der Waals surface area contributed by atoms with Crippen LogP contribution < -0.4 is 0 Å². The first-order chi connectivity index (χ1) is 9.06. The summed E-state index contributed by atoms with van der Waals surface area (Å²) in [4.78, 5) is 26.9. The first kappa shape index (κ1) is 12.7. The van der Waals surface area contributed by atoms with Crippen LogP contribution in [0.4, 0.5) is 4.79 Å². The third-order valence-electron chi connectivity index (χ3n) is 4.19. The molecule has 106 valence electrons. The molecule has 6 nitrogen and oxygen atoms in total. The highest BCUT2D eigenvalue weighted by molar-refractivity contribution is 5.84. The Hall–Kier alpha value is -1.30. The number of hydrogen-bond acceptors (Lipinski definition) is 3. The van der Waals surface area contributed by atoms with Gasteiger partial charge in [-0.3, -0.25) is 0 Å². The first-order valence-corrected chi connectivity index (χ1v) is 7.04. The molecule has 3 aliphatic rings. The molecule has 0 aromatic rings. The number of nitrogens with zero attached hydrogens (tertiary/aromatic N) is 2. The van der Waals surface area contributed by atoms with Crippen LogP contribution in [0.1, 0.15) is 32.1 Å². The number of urea groups is 1. The van der Waals surface area contributed by atoms with Crippen molar-refractivity contribution in [2.75, 3.05) is 13.1 Å². The van der Waals surface area contributed by atoms with Crippen molar-refractivity contribution in [2.24, 2.45) is 5.92 Å². The third-order valence-corrected chi connectivity index (χ3v) is 4.19. The fraction of sp³-hybridized carbons (Fsp3) is 0.846. The summed E-state index contributed by atoms with van der Waals surface area (Å²) in [7, 11) is 0. The van der Waals surface area contributed by atoms with Crippen molar-refractivity contribution in [1.29, 1.82) is 0 Å². The third kappa shape index (κ3) is 2.68. The maximum atomic E-state index is 12.5. The molecule has 0 bridgehead atoms. The van der Waals surface area contributed by atoms with E-state index in [1.54, 1.807) is 0 Å². The van der Waals surface area contributed by atoms with Crippen LogP contribution in [0.25, 0.3) is 0 Å². The second-order valence-corrected chi connectivity index (χ2v) is 6.01. The van der Waals surface area contributed by atoms with E-state index in [9.17, 15) is 14.7 Å². The van der Waals surface area contributed by atoms with E-state index in [2.05, 4.69) is 0 Å². The van der Waals surface area contributed by atoms with E-state index < -0.39 is 18.1 Å². The number of aliphatic carboxylic acids is 1. The van der Waals surface area contributed by atoms with Gasteiger partial charge in [0.25, 0.3) is 0 Å². The van der Waals surface area contributed by atoms with Gasteiger partial charge >= 0.3 is 12.0 Å². The standard InChI is InChI=1S/C13H20N2O4/c16-10-5-11(12(17)18)15(7-10)13(19)14(9-3-4-9)6-8-1-2-8/h8-11,16H,1-7H2,(H,17,18). The highest BCUT2D eigenvalue weighted by Gasteiger charge is 2.44. The molecule has 3 rings (SSSR count). The predicted molar refractivity (Wildman–Crippen MR) is 66.6 cm³/mol. The molecule has 0 spiro atoms. The Morgan fingerprint density at radius 2 is 1.89 bits per heavy atom. The average Bonchev–Trinajstić information content (AvgIpc) is 3.24. The number of carboxylic acid groups (broad SMARTS) is 1. The number of aliphatic hydroxyl groups is 1. The molecule has 0 aromatic carbocycles. The Balaban J connectivity index is 1.70. The van der Waals surface area contributed by atoms with E-state index in [-0.39, 0.29) is 19.0 Å². The fourth-order valence-corrected chi connectivity index (χ4v) is 2.77. The van der Waals surface area contributed by atoms with Gasteiger partial charge in [-0.2, -0.15) is 0 Å². The number of aliphatic hydroxyl groups excluding tert-OH is 1. The van der Waals surface area contributed by atoms with Crippen LogP contribution in [0.3, 0.4) is 0 Å². The van der Waals surface area contributed by atoms with Crippen molar-refractivity contribution in [3.05, 3.63) is 0 Å². The van der Waals surface area contributed by atoms with E-state index in [0.717, 1.165) is 19.4 Å². The summed E-state index contributed by atoms with van der Waals surface area (Å²) in [5, 5.41) is 18.8. The van der Waals surface area contributed by atoms with Crippen LogP contribution in [-0.4, -0.2) is 63.3 Å². The lowest BCUT2D eigenvalue weighted by Crippen LogP contribution is -2.49. The van der Waals surface area contributed by atoms with E-state index in [1.807, 2.05) is 4.90 Å². The largest absolute Gasteiger partial charge is 0.480 e. The highest BCUT2D eigenvalue weighted by Crippen LogP contribution is 2.36. The second kappa shape index (κ2) is 4.67. The topological polar surface area (TPSA) is 81.1 Å². The molecule has 2 unspecified atom stereocenters. The number of likely N-dealkylation sites (tertiary alicyclic amines) is 1. The minimum absolute atomic E-state index is 0.142. The average molecular weight is 268 g/mol. The second-order valence-electron chi connectivity index (χ2n) is 6.01. The summed E-state index contributed by atoms with van der Waals surface area (Å²) in [6, 6.07) is -0.776. The number of rotatable bonds is 4. The maximum absolute atomic E-state index is 12.5. The molecule has 1 aliphatic heterocycles. The summed E-state index contributed by atoms with van der Waals surface area (Å²) in [5.41, 5.74) is 0. The van der Waals surface area contributed by atoms with Crippen LogP contribution in [0, 0.1) is 5.92 Å². The van der Waals surface area contributed by atoms with E-state index in [1.165, 1.54) is 17.7 Å². The van der Waals surface area contributed by atoms with Gasteiger partial charge in [0, 0.05) is 25.6 Å². The fourth-order valence-electron chi connectivity index (χ4n) is 2.77. The van der Waals surface area contributed by atoms with Crippen LogP contribution in [-0.2, 0) is 4.79 Å². The summed E-state index contributed by atoms with van der Waals surface area (Å²) >= 11 is 0. The smallest absolute Gasteiger partial charge is 0.326 e. The first-order valence-electron chi connectivity index (χ1n) is 7.04. The Labute approximate surface area is 112 Å². The zero-order valence-corrected chi connectivity index (χ0v) is 10.9. The summed E-state index contributed by atoms with van der Waals surface area (Å²) in [6.07, 6.45) is 3.80. The Bertz CT molecular complexity index is 392. The van der Waals surface area contributed by atoms with Crippen molar-refractivity contribution in [3.8, 4) is 0 Å². The van der Waals surface area contributed by atoms with Gasteiger partial charge < -0.3 is 20.0 Å². The van der Waals surface area contributed by atoms with Gasteiger partial charge in [-0.25, -0.2) is 9.59 Å². The summed E-state index contributed by atoms with van der Waals surface area (Å²) in [6.45, 7) is 0.895. The number of carbonyl (C=O) groups is 2. The van der Waals surface area contributed by atoms with Crippen molar-refractivity contribution in [2.45, 2.75) is 50.3 Å². The lowest BCUT2D eigenvalue weighted by atomic mass is 10.2. The van der Waals surface area contributed by atoms with Gasteiger partial charge in [0.2, 0.25) is 0 Å². The van der Waals surface area contributed by atoms with Crippen LogP contribution >= 0.6 is 0 Å². The zero-order chi connectivity index (χ0) is 13.6. The Kier molecular flexibility index (Phi) is 3.12. The van der Waals surface area contributed by atoms with Gasteiger partial charge in [0.1, 0.15) is 6.04 Å². The molecular weight excluding hydrogens is 248 g/mol. The van der Waals surface area contributed by atoms with Gasteiger partial charge in [0.15, 0.2) is 0 Å². The quantitative estimate of drug-likeness (QED) is 0.778. The molecule has 2 atom stereocenters. The summed E-state index contributed by atoms with van der Waals surface area (Å²) in [5.74, 6) is -0.424. The molecule has 1 saturated heterocycles. The molecule has 2 aliphatic carbocycles. The number of carboxylic acids is 1. The highest BCUT2D eigenvalue weighted by atomic mass is 16.4. The molecule has 2 N–H and O–H groups in total. The zero-order valence-electron chi connectivity index (χ0n) is 10.9. The maximum Gasteiger partial charge on any atom is 0.326 e. The molecule has 2 saturated carbocycles. The number of hydrogen-bond donors (Lipinski definition) is 2. The van der Waals surface area contributed by atoms with E-state index in [4.69, 9.17) is 5.11 Å². The molecule has 19 heavy (non-hydrogen) atoms. The van der Waals surface area contributed by atoms with Crippen LogP contribution in [0.5, 0.6) is 0 Å². The summed E-state index contributed by atoms with van der Waals surface area (Å²) < 4.78 is 0. The number of carbonyl (C=O) groups excluding carboxylic acids is 1. The van der Waals surface area contributed by atoms with Gasteiger partial charge in [-0.15, -0.1) is 0 Å².